The van der Waals surface area contributed by atoms with Gasteiger partial charge in [0.15, 0.2) is 0 Å². The van der Waals surface area contributed by atoms with Gasteiger partial charge in [-0.25, -0.2) is 4.98 Å². The number of nitrogens with one attached hydrogen (secondary N) is 1. The number of benzene rings is 1. The highest BCUT2D eigenvalue weighted by Crippen LogP contribution is 2.19. The molecule has 0 bridgehead atoms. The van der Waals surface area contributed by atoms with Crippen LogP contribution in [0.5, 0.6) is 0 Å². The lowest BCUT2D eigenvalue weighted by molar-refractivity contribution is -0.385. The molecule has 1 fully saturated rings. The zero-order valence-corrected chi connectivity index (χ0v) is 12.4. The van der Waals surface area contributed by atoms with Crippen molar-refractivity contribution in [3.8, 4) is 0 Å². The molecule has 1 atom stereocenters. The fourth-order valence-electron chi connectivity index (χ4n) is 2.61. The van der Waals surface area contributed by atoms with Crippen LogP contribution in [0.1, 0.15) is 12.0 Å². The summed E-state index contributed by atoms with van der Waals surface area (Å²) in [5.74, 6) is 0.628. The van der Waals surface area contributed by atoms with Crippen LogP contribution in [0, 0.1) is 10.1 Å². The van der Waals surface area contributed by atoms with E-state index in [1.165, 1.54) is 12.3 Å². The molecule has 7 nitrogen and oxygen atoms in total. The molecule has 3 rings (SSSR count). The number of amides is 1. The topological polar surface area (TPSA) is 88.4 Å². The van der Waals surface area contributed by atoms with E-state index in [4.69, 9.17) is 0 Å². The summed E-state index contributed by atoms with van der Waals surface area (Å²) in [7, 11) is 0. The fourth-order valence-corrected chi connectivity index (χ4v) is 2.61. The van der Waals surface area contributed by atoms with E-state index in [9.17, 15) is 14.9 Å². The third-order valence-corrected chi connectivity index (χ3v) is 3.74. The molecule has 2 heterocycles. The highest BCUT2D eigenvalue weighted by atomic mass is 16.6. The molecule has 1 N–H and O–H groups in total. The molecule has 0 unspecified atom stereocenters. The minimum absolute atomic E-state index is 0.0415. The van der Waals surface area contributed by atoms with Gasteiger partial charge in [0.2, 0.25) is 5.91 Å². The van der Waals surface area contributed by atoms with Gasteiger partial charge >= 0.3 is 0 Å². The van der Waals surface area contributed by atoms with E-state index in [2.05, 4.69) is 10.3 Å². The minimum atomic E-state index is -0.489. The highest BCUT2D eigenvalue weighted by molar-refractivity contribution is 5.80. The molecular weight excluding hydrogens is 296 g/mol. The molecule has 0 aliphatic carbocycles. The maximum absolute atomic E-state index is 12.1. The highest BCUT2D eigenvalue weighted by Gasteiger charge is 2.29. The second-order valence-electron chi connectivity index (χ2n) is 5.46. The number of pyridine rings is 1. The molecule has 2 aromatic rings. The summed E-state index contributed by atoms with van der Waals surface area (Å²) in [6.45, 7) is 1.18. The first kappa shape index (κ1) is 15.0. The lowest BCUT2D eigenvalue weighted by Gasteiger charge is -2.17. The van der Waals surface area contributed by atoms with E-state index in [0.717, 1.165) is 5.56 Å². The van der Waals surface area contributed by atoms with Crippen LogP contribution >= 0.6 is 0 Å². The molecule has 1 aliphatic heterocycles. The van der Waals surface area contributed by atoms with Gasteiger partial charge in [-0.1, -0.05) is 30.3 Å². The number of hydrogen-bond acceptors (Lipinski definition) is 5. The predicted octanol–water partition coefficient (Wildman–Crippen LogP) is 2.20. The number of carbonyl (C=O) groups is 1. The van der Waals surface area contributed by atoms with Crippen molar-refractivity contribution in [2.24, 2.45) is 0 Å². The van der Waals surface area contributed by atoms with Crippen LogP contribution in [0.3, 0.4) is 0 Å². The van der Waals surface area contributed by atoms with Crippen LogP contribution < -0.4 is 5.32 Å². The zero-order valence-electron chi connectivity index (χ0n) is 12.4. The molecule has 1 amide bonds. The molecular formula is C16H16N4O3. The Labute approximate surface area is 133 Å². The number of nitrogens with zero attached hydrogens (tertiary/aromatic N) is 3. The lowest BCUT2D eigenvalue weighted by Crippen LogP contribution is -2.27. The average molecular weight is 312 g/mol. The summed E-state index contributed by atoms with van der Waals surface area (Å²) < 4.78 is 0. The number of nitro groups is 1. The first-order chi connectivity index (χ1) is 11.1. The fraction of sp³-hybridized carbons (Fsp3) is 0.250. The summed E-state index contributed by atoms with van der Waals surface area (Å²) in [6, 6.07) is 12.7. The third kappa shape index (κ3) is 3.63. The Balaban J connectivity index is 1.60. The first-order valence-electron chi connectivity index (χ1n) is 7.30. The van der Waals surface area contributed by atoms with Gasteiger partial charge in [0, 0.05) is 25.6 Å². The van der Waals surface area contributed by atoms with Gasteiger partial charge in [-0.15, -0.1) is 0 Å². The van der Waals surface area contributed by atoms with Crippen molar-refractivity contribution in [3.63, 3.8) is 0 Å². The van der Waals surface area contributed by atoms with Crippen molar-refractivity contribution in [2.45, 2.75) is 19.0 Å². The van der Waals surface area contributed by atoms with Crippen molar-refractivity contribution >= 4 is 17.4 Å². The van der Waals surface area contributed by atoms with Gasteiger partial charge < -0.3 is 10.2 Å². The minimum Gasteiger partial charge on any atom is -0.365 e. The molecule has 23 heavy (non-hydrogen) atoms. The number of rotatable bonds is 5. The Morgan fingerprint density at radius 1 is 1.26 bits per heavy atom. The van der Waals surface area contributed by atoms with Crippen LogP contribution in [0.15, 0.2) is 48.7 Å². The van der Waals surface area contributed by atoms with Gasteiger partial charge in [0.05, 0.1) is 11.0 Å². The van der Waals surface area contributed by atoms with E-state index in [1.54, 1.807) is 11.0 Å². The number of likely N-dealkylation sites (tertiary alicyclic amines) is 1. The van der Waals surface area contributed by atoms with Crippen molar-refractivity contribution in [1.29, 1.82) is 0 Å². The smallest absolute Gasteiger partial charge is 0.287 e. The van der Waals surface area contributed by atoms with Crippen molar-refractivity contribution < 1.29 is 9.72 Å². The molecule has 1 aliphatic rings. The zero-order chi connectivity index (χ0) is 16.2. The molecule has 0 spiro atoms. The van der Waals surface area contributed by atoms with Crippen LogP contribution in [0.25, 0.3) is 0 Å². The normalized spacial score (nSPS) is 17.3. The Morgan fingerprint density at radius 3 is 2.70 bits per heavy atom. The standard InChI is InChI=1S/C16H16N4O3/c21-16-8-13(11-19(16)10-12-4-2-1-3-5-12)18-15-7-6-14(9-17-15)20(22)23/h1-7,9,13H,8,10-11H2,(H,17,18)/t13-/m1/s1. The van der Waals surface area contributed by atoms with E-state index in [1.807, 2.05) is 30.3 Å². The quantitative estimate of drug-likeness (QED) is 0.675. The summed E-state index contributed by atoms with van der Waals surface area (Å²) in [5.41, 5.74) is 1.04. The first-order valence-corrected chi connectivity index (χ1v) is 7.30. The van der Waals surface area contributed by atoms with Crippen molar-refractivity contribution in [1.82, 2.24) is 9.88 Å². The number of carbonyl (C=O) groups excluding carboxylic acids is 1. The van der Waals surface area contributed by atoms with Crippen LogP contribution in [0.4, 0.5) is 11.5 Å². The lowest BCUT2D eigenvalue weighted by atomic mass is 10.2. The Hall–Kier alpha value is -2.96. The predicted molar refractivity (Wildman–Crippen MR) is 84.8 cm³/mol. The summed E-state index contributed by atoms with van der Waals surface area (Å²) in [6.07, 6.45) is 1.60. The van der Waals surface area contributed by atoms with Gasteiger partial charge in [0.25, 0.3) is 5.69 Å². The molecule has 1 aromatic heterocycles. The van der Waals surface area contributed by atoms with E-state index >= 15 is 0 Å². The SMILES string of the molecule is O=C1C[C@@H](Nc2ccc([N+](=O)[O-])cn2)CN1Cc1ccccc1. The van der Waals surface area contributed by atoms with E-state index in [0.29, 0.717) is 25.3 Å². The summed E-state index contributed by atoms with van der Waals surface area (Å²) >= 11 is 0. The van der Waals surface area contributed by atoms with Gasteiger partial charge in [0.1, 0.15) is 12.0 Å². The van der Waals surface area contributed by atoms with E-state index < -0.39 is 4.92 Å². The maximum Gasteiger partial charge on any atom is 0.287 e. The molecule has 118 valence electrons. The van der Waals surface area contributed by atoms with Gasteiger partial charge in [-0.05, 0) is 11.6 Å². The molecule has 0 radical (unpaired) electrons. The van der Waals surface area contributed by atoms with Crippen LogP contribution in [-0.2, 0) is 11.3 Å². The molecule has 1 aromatic carbocycles. The van der Waals surface area contributed by atoms with Crippen LogP contribution in [-0.4, -0.2) is 33.3 Å². The second-order valence-corrected chi connectivity index (χ2v) is 5.46. The number of aromatic nitrogens is 1. The third-order valence-electron chi connectivity index (χ3n) is 3.74. The monoisotopic (exact) mass is 312 g/mol. The molecule has 1 saturated heterocycles. The largest absolute Gasteiger partial charge is 0.365 e. The Bertz CT molecular complexity index is 703. The Kier molecular flexibility index (Phi) is 4.18. The number of anilines is 1. The second kappa shape index (κ2) is 6.43. The number of hydrogen-bond donors (Lipinski definition) is 1. The summed E-state index contributed by atoms with van der Waals surface area (Å²) in [5, 5.41) is 13.8. The average Bonchev–Trinajstić information content (AvgIpc) is 2.88. The summed E-state index contributed by atoms with van der Waals surface area (Å²) in [4.78, 5) is 28.0. The maximum atomic E-state index is 12.1. The molecule has 7 heteroatoms. The van der Waals surface area contributed by atoms with E-state index in [-0.39, 0.29) is 17.6 Å². The van der Waals surface area contributed by atoms with Gasteiger partial charge in [-0.3, -0.25) is 14.9 Å². The Morgan fingerprint density at radius 2 is 2.04 bits per heavy atom. The molecule has 0 saturated carbocycles. The van der Waals surface area contributed by atoms with Gasteiger partial charge in [-0.2, -0.15) is 0 Å². The van der Waals surface area contributed by atoms with Crippen molar-refractivity contribution in [3.05, 3.63) is 64.3 Å². The van der Waals surface area contributed by atoms with Crippen LogP contribution in [0.2, 0.25) is 0 Å². The van der Waals surface area contributed by atoms with Crippen molar-refractivity contribution in [2.75, 3.05) is 11.9 Å².